The number of rotatable bonds is 5. The maximum atomic E-state index is 6.32. The van der Waals surface area contributed by atoms with Crippen molar-refractivity contribution in [2.75, 3.05) is 7.05 Å². The van der Waals surface area contributed by atoms with Crippen molar-refractivity contribution in [1.82, 2.24) is 5.32 Å². The van der Waals surface area contributed by atoms with Gasteiger partial charge < -0.3 is 10.1 Å². The Morgan fingerprint density at radius 2 is 2.06 bits per heavy atom. The van der Waals surface area contributed by atoms with Gasteiger partial charge in [-0.25, -0.2) is 0 Å². The summed E-state index contributed by atoms with van der Waals surface area (Å²) in [7, 11) is 2.07. The molecule has 94 valence electrons. The van der Waals surface area contributed by atoms with E-state index in [0.717, 1.165) is 0 Å². The van der Waals surface area contributed by atoms with Crippen molar-refractivity contribution >= 4 is 0 Å². The minimum Gasteiger partial charge on any atom is -0.372 e. The van der Waals surface area contributed by atoms with Crippen molar-refractivity contribution in [1.29, 1.82) is 0 Å². The average molecular weight is 225 g/mol. The lowest BCUT2D eigenvalue weighted by Gasteiger charge is -2.24. The van der Waals surface area contributed by atoms with Crippen LogP contribution in [0.25, 0.3) is 0 Å². The van der Waals surface area contributed by atoms with Gasteiger partial charge in [0.2, 0.25) is 0 Å². The van der Waals surface area contributed by atoms with E-state index in [2.05, 4.69) is 19.3 Å². The summed E-state index contributed by atoms with van der Waals surface area (Å²) in [5.41, 5.74) is 0.325. The Hall–Kier alpha value is -0.0800. The normalized spacial score (nSPS) is 30.0. The third-order valence-corrected chi connectivity index (χ3v) is 4.59. The standard InChI is InChI=1S/C14H27NO/c1-3-12(15-2)6-7-13-8-11-14(16-13)9-4-5-10-14/h12-13,15H,3-11H2,1-2H3. The van der Waals surface area contributed by atoms with Crippen molar-refractivity contribution in [2.45, 2.75) is 82.5 Å². The molecule has 1 spiro atoms. The van der Waals surface area contributed by atoms with Crippen molar-refractivity contribution in [3.05, 3.63) is 0 Å². The first-order valence-corrected chi connectivity index (χ1v) is 7.13. The summed E-state index contributed by atoms with van der Waals surface area (Å²) < 4.78 is 6.32. The highest BCUT2D eigenvalue weighted by atomic mass is 16.5. The minimum atomic E-state index is 0.325. The maximum Gasteiger partial charge on any atom is 0.0687 e. The van der Waals surface area contributed by atoms with Crippen molar-refractivity contribution in [3.63, 3.8) is 0 Å². The predicted octanol–water partition coefficient (Wildman–Crippen LogP) is 3.26. The van der Waals surface area contributed by atoms with Gasteiger partial charge in [-0.1, -0.05) is 19.8 Å². The Balaban J connectivity index is 1.72. The van der Waals surface area contributed by atoms with Crippen LogP contribution in [-0.2, 0) is 4.74 Å². The van der Waals surface area contributed by atoms with Crippen LogP contribution in [0.1, 0.15) is 64.7 Å². The van der Waals surface area contributed by atoms with E-state index in [1.807, 2.05) is 0 Å². The van der Waals surface area contributed by atoms with Gasteiger partial charge in [0, 0.05) is 6.04 Å². The van der Waals surface area contributed by atoms with Crippen molar-refractivity contribution < 1.29 is 4.74 Å². The van der Waals surface area contributed by atoms with Gasteiger partial charge >= 0.3 is 0 Å². The Labute approximate surface area is 100 Å². The zero-order valence-corrected chi connectivity index (χ0v) is 10.9. The molecule has 2 nitrogen and oxygen atoms in total. The van der Waals surface area contributed by atoms with Crippen LogP contribution in [0.2, 0.25) is 0 Å². The molecular weight excluding hydrogens is 198 g/mol. The molecule has 16 heavy (non-hydrogen) atoms. The molecule has 1 saturated heterocycles. The Bertz CT molecular complexity index is 207. The summed E-state index contributed by atoms with van der Waals surface area (Å²) in [6.45, 7) is 2.26. The van der Waals surface area contributed by atoms with Crippen LogP contribution in [0.5, 0.6) is 0 Å². The van der Waals surface area contributed by atoms with Gasteiger partial charge in [0.05, 0.1) is 11.7 Å². The van der Waals surface area contributed by atoms with Crippen LogP contribution < -0.4 is 5.32 Å². The van der Waals surface area contributed by atoms with Crippen molar-refractivity contribution in [2.24, 2.45) is 0 Å². The van der Waals surface area contributed by atoms with E-state index in [9.17, 15) is 0 Å². The average Bonchev–Trinajstić information content (AvgIpc) is 2.92. The molecule has 1 saturated carbocycles. The lowest BCUT2D eigenvalue weighted by atomic mass is 9.97. The predicted molar refractivity (Wildman–Crippen MR) is 67.7 cm³/mol. The molecule has 0 aromatic heterocycles. The molecule has 2 fully saturated rings. The van der Waals surface area contributed by atoms with Crippen molar-refractivity contribution in [3.8, 4) is 0 Å². The van der Waals surface area contributed by atoms with Gasteiger partial charge in [-0.05, 0) is 52.0 Å². The first-order valence-electron chi connectivity index (χ1n) is 7.13. The van der Waals surface area contributed by atoms with Crippen LogP contribution in [0.4, 0.5) is 0 Å². The Kier molecular flexibility index (Phi) is 4.26. The van der Waals surface area contributed by atoms with Gasteiger partial charge in [0.1, 0.15) is 0 Å². The highest BCUT2D eigenvalue weighted by Gasteiger charge is 2.41. The number of ether oxygens (including phenoxy) is 1. The molecule has 0 bridgehead atoms. The largest absolute Gasteiger partial charge is 0.372 e. The second kappa shape index (κ2) is 5.50. The number of hydrogen-bond donors (Lipinski definition) is 1. The molecule has 2 unspecified atom stereocenters. The van der Waals surface area contributed by atoms with Gasteiger partial charge in [-0.3, -0.25) is 0 Å². The molecule has 1 aliphatic carbocycles. The third-order valence-electron chi connectivity index (χ3n) is 4.59. The smallest absolute Gasteiger partial charge is 0.0687 e. The molecule has 0 aromatic carbocycles. The zero-order chi connectivity index (χ0) is 11.4. The molecule has 2 rings (SSSR count). The first-order chi connectivity index (χ1) is 7.78. The number of nitrogens with one attached hydrogen (secondary N) is 1. The molecule has 0 amide bonds. The minimum absolute atomic E-state index is 0.325. The molecule has 2 heteroatoms. The fraction of sp³-hybridized carbons (Fsp3) is 1.00. The van der Waals surface area contributed by atoms with Gasteiger partial charge in [0.25, 0.3) is 0 Å². The Morgan fingerprint density at radius 1 is 1.31 bits per heavy atom. The zero-order valence-electron chi connectivity index (χ0n) is 10.9. The summed E-state index contributed by atoms with van der Waals surface area (Å²) in [5.74, 6) is 0. The van der Waals surface area contributed by atoms with Crippen LogP contribution in [0.3, 0.4) is 0 Å². The Morgan fingerprint density at radius 3 is 2.69 bits per heavy atom. The van der Waals surface area contributed by atoms with Gasteiger partial charge in [-0.2, -0.15) is 0 Å². The highest BCUT2D eigenvalue weighted by Crippen LogP contribution is 2.44. The summed E-state index contributed by atoms with van der Waals surface area (Å²) in [6.07, 6.45) is 12.4. The van der Waals surface area contributed by atoms with E-state index in [1.165, 1.54) is 57.8 Å². The van der Waals surface area contributed by atoms with E-state index in [0.29, 0.717) is 17.7 Å². The van der Waals surface area contributed by atoms with E-state index in [1.54, 1.807) is 0 Å². The number of hydrogen-bond acceptors (Lipinski definition) is 2. The monoisotopic (exact) mass is 225 g/mol. The molecule has 0 aromatic rings. The first kappa shape index (κ1) is 12.4. The van der Waals surface area contributed by atoms with E-state index in [-0.39, 0.29) is 0 Å². The van der Waals surface area contributed by atoms with Crippen LogP contribution >= 0.6 is 0 Å². The lowest BCUT2D eigenvalue weighted by molar-refractivity contribution is -0.0401. The highest BCUT2D eigenvalue weighted by molar-refractivity contribution is 4.92. The quantitative estimate of drug-likeness (QED) is 0.775. The van der Waals surface area contributed by atoms with Crippen LogP contribution in [0, 0.1) is 0 Å². The van der Waals surface area contributed by atoms with Crippen LogP contribution in [0.15, 0.2) is 0 Å². The van der Waals surface area contributed by atoms with Gasteiger partial charge in [-0.15, -0.1) is 0 Å². The van der Waals surface area contributed by atoms with Crippen LogP contribution in [-0.4, -0.2) is 24.8 Å². The summed E-state index contributed by atoms with van der Waals surface area (Å²) in [6, 6.07) is 0.684. The fourth-order valence-corrected chi connectivity index (χ4v) is 3.43. The lowest BCUT2D eigenvalue weighted by Crippen LogP contribution is -2.27. The molecule has 1 aliphatic heterocycles. The molecule has 2 atom stereocenters. The third kappa shape index (κ3) is 2.78. The van der Waals surface area contributed by atoms with E-state index >= 15 is 0 Å². The molecular formula is C14H27NO. The summed E-state index contributed by atoms with van der Waals surface area (Å²) >= 11 is 0. The van der Waals surface area contributed by atoms with Gasteiger partial charge in [0.15, 0.2) is 0 Å². The van der Waals surface area contributed by atoms with E-state index < -0.39 is 0 Å². The molecule has 2 aliphatic rings. The summed E-state index contributed by atoms with van der Waals surface area (Å²) in [4.78, 5) is 0. The maximum absolute atomic E-state index is 6.32. The molecule has 1 N–H and O–H groups in total. The molecule has 0 radical (unpaired) electrons. The summed E-state index contributed by atoms with van der Waals surface area (Å²) in [5, 5.41) is 3.38. The van der Waals surface area contributed by atoms with E-state index in [4.69, 9.17) is 4.74 Å². The second-order valence-corrected chi connectivity index (χ2v) is 5.64. The fourth-order valence-electron chi connectivity index (χ4n) is 3.43. The second-order valence-electron chi connectivity index (χ2n) is 5.64. The molecule has 1 heterocycles. The SMILES string of the molecule is CCC(CCC1CCC2(CCCC2)O1)NC. The topological polar surface area (TPSA) is 21.3 Å².